The van der Waals surface area contributed by atoms with E-state index >= 15 is 0 Å². The van der Waals surface area contributed by atoms with Crippen molar-refractivity contribution in [2.45, 2.75) is 45.3 Å². The summed E-state index contributed by atoms with van der Waals surface area (Å²) in [4.78, 5) is 23.7. The van der Waals surface area contributed by atoms with Gasteiger partial charge in [-0.05, 0) is 43.5 Å². The van der Waals surface area contributed by atoms with Crippen LogP contribution in [0.5, 0.6) is 0 Å². The van der Waals surface area contributed by atoms with E-state index in [-0.39, 0.29) is 18.7 Å². The van der Waals surface area contributed by atoms with Gasteiger partial charge in [0.2, 0.25) is 0 Å². The summed E-state index contributed by atoms with van der Waals surface area (Å²) < 4.78 is 0. The lowest BCUT2D eigenvalue weighted by Crippen LogP contribution is -2.28. The van der Waals surface area contributed by atoms with Crippen LogP contribution in [-0.2, 0) is 17.9 Å². The number of hydrogen-bond donors (Lipinski definition) is 3. The summed E-state index contributed by atoms with van der Waals surface area (Å²) >= 11 is 0. The molecule has 1 fully saturated rings. The lowest BCUT2D eigenvalue weighted by molar-refractivity contribution is -0.116. The van der Waals surface area contributed by atoms with Crippen LogP contribution < -0.4 is 15.5 Å². The Morgan fingerprint density at radius 3 is 2.62 bits per heavy atom. The van der Waals surface area contributed by atoms with Crippen LogP contribution in [0.15, 0.2) is 48.5 Å². The van der Waals surface area contributed by atoms with Crippen LogP contribution in [0.25, 0.3) is 10.9 Å². The van der Waals surface area contributed by atoms with E-state index in [4.69, 9.17) is 15.4 Å². The van der Waals surface area contributed by atoms with Crippen molar-refractivity contribution in [1.82, 2.24) is 15.3 Å². The number of para-hydroxylation sites is 2. The standard InChI is InChI=1S/C25H30N6O/c1-17(26)13-20(32)16-31(2)25-21-8-4-6-10-23(21)29-24(30-25)15-28-22-9-5-3-7-18(22)14-27-19-11-12-19/h3-10,19,26-28H,11-16H2,1-2H3. The SMILES string of the molecule is CC(=N)CC(=O)CN(C)c1nc(CNc2ccccc2CNC2CC2)nc2ccccc12. The minimum absolute atomic E-state index is 0.000501. The van der Waals surface area contributed by atoms with E-state index in [1.165, 1.54) is 18.4 Å². The molecule has 1 aliphatic rings. The van der Waals surface area contributed by atoms with Crippen molar-refractivity contribution < 1.29 is 4.79 Å². The highest BCUT2D eigenvalue weighted by molar-refractivity contribution is 6.01. The predicted octanol–water partition coefficient (Wildman–Crippen LogP) is 3.93. The number of benzene rings is 2. The molecule has 2 aromatic carbocycles. The summed E-state index contributed by atoms with van der Waals surface area (Å²) in [5.41, 5.74) is 3.52. The first-order chi connectivity index (χ1) is 15.5. The van der Waals surface area contributed by atoms with Crippen molar-refractivity contribution in [2.75, 3.05) is 23.8 Å². The van der Waals surface area contributed by atoms with Gasteiger partial charge in [0.15, 0.2) is 5.78 Å². The number of aromatic nitrogens is 2. The highest BCUT2D eigenvalue weighted by atomic mass is 16.1. The average molecular weight is 431 g/mol. The highest BCUT2D eigenvalue weighted by Crippen LogP contribution is 2.24. The Bertz CT molecular complexity index is 1120. The summed E-state index contributed by atoms with van der Waals surface area (Å²) in [5, 5.41) is 15.5. The zero-order valence-electron chi connectivity index (χ0n) is 18.7. The lowest BCUT2D eigenvalue weighted by Gasteiger charge is -2.20. The smallest absolute Gasteiger partial charge is 0.157 e. The third kappa shape index (κ3) is 5.68. The molecule has 0 bridgehead atoms. The summed E-state index contributed by atoms with van der Waals surface area (Å²) in [6.07, 6.45) is 2.69. The van der Waals surface area contributed by atoms with Crippen molar-refractivity contribution in [2.24, 2.45) is 0 Å². The Kier molecular flexibility index (Phi) is 6.75. The maximum absolute atomic E-state index is 12.3. The zero-order chi connectivity index (χ0) is 22.5. The van der Waals surface area contributed by atoms with E-state index < -0.39 is 0 Å². The third-order valence-corrected chi connectivity index (χ3v) is 5.48. The molecule has 7 heteroatoms. The van der Waals surface area contributed by atoms with Gasteiger partial charge in [-0.15, -0.1) is 0 Å². The van der Waals surface area contributed by atoms with Crippen LogP contribution in [0.3, 0.4) is 0 Å². The topological polar surface area (TPSA) is 94.0 Å². The molecule has 0 saturated heterocycles. The van der Waals surface area contributed by atoms with Gasteiger partial charge in [0, 0.05) is 42.8 Å². The zero-order valence-corrected chi connectivity index (χ0v) is 18.7. The van der Waals surface area contributed by atoms with Crippen molar-refractivity contribution >= 4 is 33.9 Å². The molecular formula is C25H30N6O. The van der Waals surface area contributed by atoms with Crippen molar-refractivity contribution in [3.05, 3.63) is 59.9 Å². The summed E-state index contributed by atoms with van der Waals surface area (Å²) in [6.45, 7) is 3.19. The fourth-order valence-electron chi connectivity index (χ4n) is 3.73. The van der Waals surface area contributed by atoms with Gasteiger partial charge in [-0.2, -0.15) is 0 Å². The van der Waals surface area contributed by atoms with Gasteiger partial charge in [-0.3, -0.25) is 4.79 Å². The first kappa shape index (κ1) is 21.9. The quantitative estimate of drug-likeness (QED) is 0.399. The molecule has 166 valence electrons. The number of carbonyl (C=O) groups is 1. The first-order valence-corrected chi connectivity index (χ1v) is 11.1. The van der Waals surface area contributed by atoms with Crippen molar-refractivity contribution in [3.8, 4) is 0 Å². The van der Waals surface area contributed by atoms with Gasteiger partial charge in [0.1, 0.15) is 11.6 Å². The van der Waals surface area contributed by atoms with E-state index in [1.807, 2.05) is 42.3 Å². The fraction of sp³-hybridized carbons (Fsp3) is 0.360. The van der Waals surface area contributed by atoms with Crippen LogP contribution in [0.1, 0.15) is 37.6 Å². The van der Waals surface area contributed by atoms with Gasteiger partial charge in [-0.1, -0.05) is 30.3 Å². The number of carbonyl (C=O) groups excluding carboxylic acids is 1. The highest BCUT2D eigenvalue weighted by Gasteiger charge is 2.20. The minimum Gasteiger partial charge on any atom is -0.377 e. The van der Waals surface area contributed by atoms with Crippen LogP contribution in [0.4, 0.5) is 11.5 Å². The van der Waals surface area contributed by atoms with Gasteiger partial charge >= 0.3 is 0 Å². The number of nitrogens with zero attached hydrogens (tertiary/aromatic N) is 3. The van der Waals surface area contributed by atoms with E-state index in [0.717, 1.165) is 29.0 Å². The largest absolute Gasteiger partial charge is 0.377 e. The van der Waals surface area contributed by atoms with Crippen molar-refractivity contribution in [1.29, 1.82) is 5.41 Å². The van der Waals surface area contributed by atoms with Gasteiger partial charge in [0.25, 0.3) is 0 Å². The number of anilines is 2. The van der Waals surface area contributed by atoms with E-state index in [1.54, 1.807) is 6.92 Å². The molecule has 0 atom stereocenters. The average Bonchev–Trinajstić information content (AvgIpc) is 3.60. The number of ketones is 1. The molecule has 32 heavy (non-hydrogen) atoms. The lowest BCUT2D eigenvalue weighted by atomic mass is 10.1. The molecule has 4 rings (SSSR count). The number of fused-ring (bicyclic) bond motifs is 1. The van der Waals surface area contributed by atoms with E-state index in [0.29, 0.717) is 24.1 Å². The molecule has 0 amide bonds. The third-order valence-electron chi connectivity index (χ3n) is 5.48. The van der Waals surface area contributed by atoms with E-state index in [2.05, 4.69) is 28.8 Å². The molecular weight excluding hydrogens is 400 g/mol. The Hall–Kier alpha value is -3.32. The summed E-state index contributed by atoms with van der Waals surface area (Å²) in [7, 11) is 1.86. The Balaban J connectivity index is 1.53. The molecule has 0 unspecified atom stereocenters. The second-order valence-electron chi connectivity index (χ2n) is 8.50. The van der Waals surface area contributed by atoms with Crippen molar-refractivity contribution in [3.63, 3.8) is 0 Å². The van der Waals surface area contributed by atoms with Crippen LogP contribution in [-0.4, -0.2) is 41.1 Å². The molecule has 3 N–H and O–H groups in total. The first-order valence-electron chi connectivity index (χ1n) is 11.1. The Labute approximate surface area is 188 Å². The molecule has 1 aromatic heterocycles. The number of rotatable bonds is 11. The second-order valence-corrected chi connectivity index (χ2v) is 8.50. The molecule has 0 spiro atoms. The van der Waals surface area contributed by atoms with Crippen LogP contribution in [0, 0.1) is 5.41 Å². The fourth-order valence-corrected chi connectivity index (χ4v) is 3.73. The molecule has 1 aliphatic carbocycles. The molecule has 1 heterocycles. The predicted molar refractivity (Wildman–Crippen MR) is 129 cm³/mol. The van der Waals surface area contributed by atoms with Gasteiger partial charge in [-0.25, -0.2) is 9.97 Å². The van der Waals surface area contributed by atoms with Gasteiger partial charge in [0.05, 0.1) is 18.6 Å². The number of likely N-dealkylation sites (N-methyl/N-ethyl adjacent to an activating group) is 1. The van der Waals surface area contributed by atoms with E-state index in [9.17, 15) is 4.79 Å². The van der Waals surface area contributed by atoms with Gasteiger partial charge < -0.3 is 20.9 Å². The maximum atomic E-state index is 12.3. The molecule has 0 radical (unpaired) electrons. The molecule has 7 nitrogen and oxygen atoms in total. The summed E-state index contributed by atoms with van der Waals surface area (Å²) in [6, 6.07) is 16.8. The van der Waals surface area contributed by atoms with Crippen LogP contribution in [0.2, 0.25) is 0 Å². The normalized spacial score (nSPS) is 13.2. The minimum atomic E-state index is -0.000501. The number of Topliss-reactive ketones (excluding diaryl/α,β-unsaturated/α-hetero) is 1. The number of hydrogen-bond acceptors (Lipinski definition) is 7. The Morgan fingerprint density at radius 2 is 1.84 bits per heavy atom. The Morgan fingerprint density at radius 1 is 1.09 bits per heavy atom. The monoisotopic (exact) mass is 430 g/mol. The molecule has 0 aliphatic heterocycles. The maximum Gasteiger partial charge on any atom is 0.157 e. The second kappa shape index (κ2) is 9.87. The molecule has 1 saturated carbocycles. The number of nitrogens with one attached hydrogen (secondary N) is 3. The molecule has 3 aromatic rings. The van der Waals surface area contributed by atoms with Crippen LogP contribution >= 0.6 is 0 Å². The summed E-state index contributed by atoms with van der Waals surface area (Å²) in [5.74, 6) is 1.40.